The zero-order valence-corrected chi connectivity index (χ0v) is 14.8. The van der Waals surface area contributed by atoms with Crippen LogP contribution >= 0.6 is 0 Å². The molecular formula is C20H26N4O. The molecule has 25 heavy (non-hydrogen) atoms. The first-order valence-corrected chi connectivity index (χ1v) is 8.78. The van der Waals surface area contributed by atoms with Gasteiger partial charge >= 0.3 is 0 Å². The Morgan fingerprint density at radius 1 is 1.28 bits per heavy atom. The molecule has 2 N–H and O–H groups in total. The molecular weight excluding hydrogens is 312 g/mol. The number of carbonyl (C=O) groups is 1. The second-order valence-electron chi connectivity index (χ2n) is 7.01. The highest BCUT2D eigenvalue weighted by molar-refractivity contribution is 5.92. The van der Waals surface area contributed by atoms with Crippen molar-refractivity contribution in [2.45, 2.75) is 19.5 Å². The molecule has 5 nitrogen and oxygen atoms in total. The maximum Gasteiger partial charge on any atom is 0.248 e. The zero-order valence-electron chi connectivity index (χ0n) is 14.8. The first-order chi connectivity index (χ1) is 12.1. The molecule has 1 fully saturated rings. The number of hydrogen-bond donors (Lipinski definition) is 1. The molecule has 0 spiro atoms. The van der Waals surface area contributed by atoms with E-state index in [1.165, 1.54) is 17.5 Å². The van der Waals surface area contributed by atoms with Gasteiger partial charge in [-0.2, -0.15) is 0 Å². The van der Waals surface area contributed by atoms with Crippen LogP contribution in [0, 0.1) is 5.92 Å². The van der Waals surface area contributed by atoms with Crippen molar-refractivity contribution in [2.24, 2.45) is 11.7 Å². The van der Waals surface area contributed by atoms with Crippen LogP contribution in [0.2, 0.25) is 0 Å². The van der Waals surface area contributed by atoms with E-state index in [1.807, 2.05) is 42.7 Å². The number of benzene rings is 1. The molecule has 0 saturated carbocycles. The van der Waals surface area contributed by atoms with E-state index in [-0.39, 0.29) is 5.91 Å². The molecule has 1 aliphatic heterocycles. The summed E-state index contributed by atoms with van der Waals surface area (Å²) in [6, 6.07) is 11.7. The van der Waals surface area contributed by atoms with Crippen molar-refractivity contribution in [3.63, 3.8) is 0 Å². The largest absolute Gasteiger partial charge is 0.366 e. The molecule has 5 heteroatoms. The van der Waals surface area contributed by atoms with E-state index in [0.717, 1.165) is 32.7 Å². The van der Waals surface area contributed by atoms with Crippen molar-refractivity contribution in [1.29, 1.82) is 0 Å². The number of aromatic nitrogens is 1. The van der Waals surface area contributed by atoms with Crippen molar-refractivity contribution >= 4 is 5.91 Å². The molecule has 0 aliphatic carbocycles. The average Bonchev–Trinajstić information content (AvgIpc) is 3.03. The Kier molecular flexibility index (Phi) is 5.79. The Morgan fingerprint density at radius 3 is 2.76 bits per heavy atom. The summed E-state index contributed by atoms with van der Waals surface area (Å²) in [5.41, 5.74) is 8.35. The molecule has 1 atom stereocenters. The number of primary amides is 1. The van der Waals surface area contributed by atoms with Crippen molar-refractivity contribution in [2.75, 3.05) is 26.7 Å². The van der Waals surface area contributed by atoms with Crippen LogP contribution in [0.3, 0.4) is 0 Å². The first-order valence-electron chi connectivity index (χ1n) is 8.78. The predicted molar refractivity (Wildman–Crippen MR) is 98.9 cm³/mol. The third kappa shape index (κ3) is 5.11. The predicted octanol–water partition coefficient (Wildman–Crippen LogP) is 2.13. The van der Waals surface area contributed by atoms with Crippen molar-refractivity contribution in [3.8, 4) is 0 Å². The highest BCUT2D eigenvalue weighted by atomic mass is 16.1. The minimum atomic E-state index is -0.371. The molecule has 1 amide bonds. The summed E-state index contributed by atoms with van der Waals surface area (Å²) in [7, 11) is 2.18. The quantitative estimate of drug-likeness (QED) is 0.840. The molecule has 3 rings (SSSR count). The summed E-state index contributed by atoms with van der Waals surface area (Å²) < 4.78 is 0. The smallest absolute Gasteiger partial charge is 0.248 e. The maximum absolute atomic E-state index is 11.1. The third-order valence-corrected chi connectivity index (χ3v) is 4.76. The number of nitrogens with two attached hydrogens (primary N) is 1. The molecule has 1 aromatic carbocycles. The lowest BCUT2D eigenvalue weighted by atomic mass is 10.1. The second kappa shape index (κ2) is 8.23. The highest BCUT2D eigenvalue weighted by Gasteiger charge is 2.23. The van der Waals surface area contributed by atoms with Gasteiger partial charge in [-0.3, -0.25) is 14.7 Å². The van der Waals surface area contributed by atoms with Gasteiger partial charge in [0.1, 0.15) is 0 Å². The van der Waals surface area contributed by atoms with Gasteiger partial charge in [0, 0.05) is 44.1 Å². The topological polar surface area (TPSA) is 62.5 Å². The number of hydrogen-bond acceptors (Lipinski definition) is 4. The van der Waals surface area contributed by atoms with E-state index in [2.05, 4.69) is 27.9 Å². The van der Waals surface area contributed by atoms with Crippen LogP contribution in [0.4, 0.5) is 0 Å². The SMILES string of the molecule is CN(Cc1cccnc1)CC1CCN(Cc2ccc(C(N)=O)cc2)C1. The van der Waals surface area contributed by atoms with E-state index < -0.39 is 0 Å². The van der Waals surface area contributed by atoms with Crippen molar-refractivity contribution in [3.05, 3.63) is 65.5 Å². The van der Waals surface area contributed by atoms with Crippen LogP contribution in [0.5, 0.6) is 0 Å². The van der Waals surface area contributed by atoms with Gasteiger partial charge in [0.15, 0.2) is 0 Å². The lowest BCUT2D eigenvalue weighted by molar-refractivity contribution is 0.100. The number of pyridine rings is 1. The van der Waals surface area contributed by atoms with Crippen LogP contribution in [-0.2, 0) is 13.1 Å². The number of amides is 1. The molecule has 1 unspecified atom stereocenters. The molecule has 2 heterocycles. The fourth-order valence-corrected chi connectivity index (χ4v) is 3.55. The normalized spacial score (nSPS) is 17.9. The minimum Gasteiger partial charge on any atom is -0.366 e. The van der Waals surface area contributed by atoms with Gasteiger partial charge in [-0.15, -0.1) is 0 Å². The van der Waals surface area contributed by atoms with Gasteiger partial charge in [-0.05, 0) is 55.3 Å². The fourth-order valence-electron chi connectivity index (χ4n) is 3.55. The van der Waals surface area contributed by atoms with Crippen LogP contribution < -0.4 is 5.73 Å². The number of nitrogens with zero attached hydrogens (tertiary/aromatic N) is 3. The van der Waals surface area contributed by atoms with E-state index in [9.17, 15) is 4.79 Å². The van der Waals surface area contributed by atoms with Crippen LogP contribution in [-0.4, -0.2) is 47.4 Å². The minimum absolute atomic E-state index is 0.371. The summed E-state index contributed by atoms with van der Waals surface area (Å²) in [5.74, 6) is 0.330. The third-order valence-electron chi connectivity index (χ3n) is 4.76. The van der Waals surface area contributed by atoms with Gasteiger partial charge in [0.05, 0.1) is 0 Å². The Bertz CT molecular complexity index is 687. The molecule has 0 radical (unpaired) electrons. The molecule has 1 aromatic heterocycles. The number of carbonyl (C=O) groups excluding carboxylic acids is 1. The maximum atomic E-state index is 11.1. The lowest BCUT2D eigenvalue weighted by Gasteiger charge is -2.21. The number of rotatable bonds is 7. The summed E-state index contributed by atoms with van der Waals surface area (Å²) in [4.78, 5) is 20.2. The van der Waals surface area contributed by atoms with Crippen LogP contribution in [0.25, 0.3) is 0 Å². The summed E-state index contributed by atoms with van der Waals surface area (Å²) >= 11 is 0. The van der Waals surface area contributed by atoms with E-state index in [1.54, 1.807) is 0 Å². The van der Waals surface area contributed by atoms with E-state index >= 15 is 0 Å². The number of likely N-dealkylation sites (tertiary alicyclic amines) is 1. The molecule has 0 bridgehead atoms. The first kappa shape index (κ1) is 17.6. The standard InChI is InChI=1S/C20H26N4O/c1-23(12-17-3-2-9-22-11-17)13-18-8-10-24(15-18)14-16-4-6-19(7-5-16)20(21)25/h2-7,9,11,18H,8,10,12-15H2,1H3,(H2,21,25). The molecule has 2 aromatic rings. The van der Waals surface area contributed by atoms with E-state index in [0.29, 0.717) is 11.5 Å². The lowest BCUT2D eigenvalue weighted by Crippen LogP contribution is -2.28. The zero-order chi connectivity index (χ0) is 17.6. The Balaban J connectivity index is 1.46. The molecule has 1 saturated heterocycles. The summed E-state index contributed by atoms with van der Waals surface area (Å²) in [5, 5.41) is 0. The van der Waals surface area contributed by atoms with Gasteiger partial charge in [-0.1, -0.05) is 18.2 Å². The second-order valence-corrected chi connectivity index (χ2v) is 7.01. The average molecular weight is 338 g/mol. The fraction of sp³-hybridized carbons (Fsp3) is 0.400. The van der Waals surface area contributed by atoms with Gasteiger partial charge in [0.2, 0.25) is 5.91 Å². The van der Waals surface area contributed by atoms with Gasteiger partial charge < -0.3 is 10.6 Å². The van der Waals surface area contributed by atoms with Crippen LogP contribution in [0.1, 0.15) is 27.9 Å². The Hall–Kier alpha value is -2.24. The van der Waals surface area contributed by atoms with E-state index in [4.69, 9.17) is 5.73 Å². The Morgan fingerprint density at radius 2 is 2.08 bits per heavy atom. The summed E-state index contributed by atoms with van der Waals surface area (Å²) in [6.07, 6.45) is 4.98. The highest BCUT2D eigenvalue weighted by Crippen LogP contribution is 2.20. The Labute approximate surface area is 149 Å². The van der Waals surface area contributed by atoms with Crippen LogP contribution in [0.15, 0.2) is 48.8 Å². The van der Waals surface area contributed by atoms with Crippen molar-refractivity contribution in [1.82, 2.24) is 14.8 Å². The van der Waals surface area contributed by atoms with Gasteiger partial charge in [-0.25, -0.2) is 0 Å². The van der Waals surface area contributed by atoms with Crippen molar-refractivity contribution < 1.29 is 4.79 Å². The molecule has 132 valence electrons. The monoisotopic (exact) mass is 338 g/mol. The summed E-state index contributed by atoms with van der Waals surface area (Å²) in [6.45, 7) is 5.23. The molecule has 1 aliphatic rings. The van der Waals surface area contributed by atoms with Gasteiger partial charge in [0.25, 0.3) is 0 Å².